The van der Waals surface area contributed by atoms with Crippen molar-refractivity contribution in [2.24, 2.45) is 5.92 Å². The predicted octanol–water partition coefficient (Wildman–Crippen LogP) is 3.06. The molecule has 7 heteroatoms. The SMILES string of the molecule is Cc1noc(COCC(=O)N[C@@H](c2ccc(Cl)cc2)C(C)C)n1. The van der Waals surface area contributed by atoms with Crippen molar-refractivity contribution in [1.29, 1.82) is 0 Å². The molecule has 23 heavy (non-hydrogen) atoms. The number of aryl methyl sites for hydroxylation is 1. The lowest BCUT2D eigenvalue weighted by atomic mass is 9.96. The first-order chi connectivity index (χ1) is 11.0. The van der Waals surface area contributed by atoms with Crippen LogP contribution in [0, 0.1) is 12.8 Å². The first-order valence-electron chi connectivity index (χ1n) is 7.37. The molecule has 1 N–H and O–H groups in total. The van der Waals surface area contributed by atoms with Gasteiger partial charge in [0.25, 0.3) is 5.89 Å². The van der Waals surface area contributed by atoms with Crippen LogP contribution in [-0.4, -0.2) is 22.7 Å². The average Bonchev–Trinajstić information content (AvgIpc) is 2.91. The van der Waals surface area contributed by atoms with Crippen molar-refractivity contribution in [2.45, 2.75) is 33.4 Å². The highest BCUT2D eigenvalue weighted by atomic mass is 35.5. The van der Waals surface area contributed by atoms with Crippen molar-refractivity contribution in [3.63, 3.8) is 0 Å². The summed E-state index contributed by atoms with van der Waals surface area (Å²) in [6.45, 7) is 5.85. The fraction of sp³-hybridized carbons (Fsp3) is 0.438. The van der Waals surface area contributed by atoms with Crippen molar-refractivity contribution in [1.82, 2.24) is 15.5 Å². The first kappa shape index (κ1) is 17.4. The Morgan fingerprint density at radius 1 is 1.35 bits per heavy atom. The Hall–Kier alpha value is -1.92. The van der Waals surface area contributed by atoms with Crippen LogP contribution in [0.3, 0.4) is 0 Å². The minimum atomic E-state index is -0.199. The van der Waals surface area contributed by atoms with Crippen LogP contribution in [0.1, 0.15) is 37.2 Å². The van der Waals surface area contributed by atoms with E-state index in [9.17, 15) is 4.79 Å². The fourth-order valence-corrected chi connectivity index (χ4v) is 2.28. The number of hydrogen-bond donors (Lipinski definition) is 1. The summed E-state index contributed by atoms with van der Waals surface area (Å²) in [5.41, 5.74) is 1.00. The Labute approximate surface area is 140 Å². The van der Waals surface area contributed by atoms with Gasteiger partial charge in [-0.15, -0.1) is 0 Å². The molecule has 0 spiro atoms. The molecule has 0 saturated heterocycles. The zero-order valence-corrected chi connectivity index (χ0v) is 14.1. The van der Waals surface area contributed by atoms with E-state index in [1.165, 1.54) is 0 Å². The molecule has 0 aliphatic rings. The van der Waals surface area contributed by atoms with E-state index < -0.39 is 0 Å². The number of ether oxygens (including phenoxy) is 1. The molecule has 0 unspecified atom stereocenters. The fourth-order valence-electron chi connectivity index (χ4n) is 2.15. The quantitative estimate of drug-likeness (QED) is 0.840. The lowest BCUT2D eigenvalue weighted by Gasteiger charge is -2.23. The number of nitrogens with zero attached hydrogens (tertiary/aromatic N) is 2. The van der Waals surface area contributed by atoms with Crippen molar-refractivity contribution in [2.75, 3.05) is 6.61 Å². The number of hydrogen-bond acceptors (Lipinski definition) is 5. The van der Waals surface area contributed by atoms with Crippen LogP contribution in [0.5, 0.6) is 0 Å². The Balaban J connectivity index is 1.86. The molecule has 0 saturated carbocycles. The number of carbonyl (C=O) groups excluding carboxylic acids is 1. The van der Waals surface area contributed by atoms with Gasteiger partial charge in [0, 0.05) is 5.02 Å². The smallest absolute Gasteiger partial charge is 0.252 e. The molecule has 0 fully saturated rings. The largest absolute Gasteiger partial charge is 0.362 e. The maximum Gasteiger partial charge on any atom is 0.252 e. The normalized spacial score (nSPS) is 12.4. The molecule has 0 bridgehead atoms. The molecule has 0 radical (unpaired) electrons. The summed E-state index contributed by atoms with van der Waals surface area (Å²) in [6.07, 6.45) is 0. The lowest BCUT2D eigenvalue weighted by Crippen LogP contribution is -2.34. The summed E-state index contributed by atoms with van der Waals surface area (Å²) in [5, 5.41) is 7.29. The van der Waals surface area contributed by atoms with Crippen molar-refractivity contribution >= 4 is 17.5 Å². The average molecular weight is 338 g/mol. The second-order valence-electron chi connectivity index (χ2n) is 5.57. The van der Waals surface area contributed by atoms with Crippen LogP contribution in [0.2, 0.25) is 5.02 Å². The number of amides is 1. The van der Waals surface area contributed by atoms with Gasteiger partial charge in [0.15, 0.2) is 5.82 Å². The minimum absolute atomic E-state index is 0.0712. The summed E-state index contributed by atoms with van der Waals surface area (Å²) in [4.78, 5) is 16.1. The zero-order valence-electron chi connectivity index (χ0n) is 13.4. The molecule has 0 aliphatic heterocycles. The van der Waals surface area contributed by atoms with Crippen LogP contribution < -0.4 is 5.32 Å². The Kier molecular flexibility index (Phi) is 6.12. The van der Waals surface area contributed by atoms with E-state index >= 15 is 0 Å². The summed E-state index contributed by atoms with van der Waals surface area (Å²) in [5.74, 6) is 0.928. The minimum Gasteiger partial charge on any atom is -0.362 e. The highest BCUT2D eigenvalue weighted by molar-refractivity contribution is 6.30. The molecule has 1 heterocycles. The third-order valence-electron chi connectivity index (χ3n) is 3.24. The van der Waals surface area contributed by atoms with Crippen LogP contribution in [-0.2, 0) is 16.1 Å². The Morgan fingerprint density at radius 2 is 2.04 bits per heavy atom. The number of aromatic nitrogens is 2. The number of halogens is 1. The van der Waals surface area contributed by atoms with E-state index in [0.717, 1.165) is 5.56 Å². The molecule has 1 amide bonds. The molecular weight excluding hydrogens is 318 g/mol. The van der Waals surface area contributed by atoms with E-state index in [1.807, 2.05) is 38.1 Å². The molecule has 1 aromatic carbocycles. The number of nitrogens with one attached hydrogen (secondary N) is 1. The molecular formula is C16H20ClN3O3. The molecule has 0 aliphatic carbocycles. The van der Waals surface area contributed by atoms with Gasteiger partial charge in [0.2, 0.25) is 5.91 Å². The van der Waals surface area contributed by atoms with Gasteiger partial charge in [-0.1, -0.05) is 42.7 Å². The molecule has 1 aromatic heterocycles. The molecule has 124 valence electrons. The summed E-state index contributed by atoms with van der Waals surface area (Å²) < 4.78 is 10.2. The topological polar surface area (TPSA) is 77.2 Å². The summed E-state index contributed by atoms with van der Waals surface area (Å²) in [6, 6.07) is 7.35. The highest BCUT2D eigenvalue weighted by Gasteiger charge is 2.18. The van der Waals surface area contributed by atoms with Crippen LogP contribution in [0.4, 0.5) is 0 Å². The van der Waals surface area contributed by atoms with Crippen LogP contribution in [0.15, 0.2) is 28.8 Å². The number of rotatable bonds is 7. The first-order valence-corrected chi connectivity index (χ1v) is 7.75. The third kappa shape index (κ3) is 5.33. The number of carbonyl (C=O) groups is 1. The maximum atomic E-state index is 12.1. The van der Waals surface area contributed by atoms with Gasteiger partial charge < -0.3 is 14.6 Å². The molecule has 1 atom stereocenters. The lowest BCUT2D eigenvalue weighted by molar-refractivity contribution is -0.127. The summed E-state index contributed by atoms with van der Waals surface area (Å²) in [7, 11) is 0. The van der Waals surface area contributed by atoms with Gasteiger partial charge in [-0.05, 0) is 30.5 Å². The standard InChI is InChI=1S/C16H20ClN3O3/c1-10(2)16(12-4-6-13(17)7-5-12)19-14(21)8-22-9-15-18-11(3)20-23-15/h4-7,10,16H,8-9H2,1-3H3,(H,19,21)/t16-/m1/s1. The molecule has 2 aromatic rings. The summed E-state index contributed by atoms with van der Waals surface area (Å²) >= 11 is 5.90. The third-order valence-corrected chi connectivity index (χ3v) is 3.49. The van der Waals surface area contributed by atoms with Crippen LogP contribution >= 0.6 is 11.6 Å². The van der Waals surface area contributed by atoms with Gasteiger partial charge in [-0.25, -0.2) is 0 Å². The van der Waals surface area contributed by atoms with E-state index in [1.54, 1.807) is 6.92 Å². The van der Waals surface area contributed by atoms with Gasteiger partial charge in [0.1, 0.15) is 13.2 Å². The van der Waals surface area contributed by atoms with Crippen LogP contribution in [0.25, 0.3) is 0 Å². The zero-order chi connectivity index (χ0) is 16.8. The second-order valence-corrected chi connectivity index (χ2v) is 6.01. The predicted molar refractivity (Wildman–Crippen MR) is 85.9 cm³/mol. The van der Waals surface area contributed by atoms with Gasteiger partial charge >= 0.3 is 0 Å². The van der Waals surface area contributed by atoms with Gasteiger partial charge in [0.05, 0.1) is 6.04 Å². The molecule has 6 nitrogen and oxygen atoms in total. The molecule has 2 rings (SSSR count). The Bertz CT molecular complexity index is 640. The maximum absolute atomic E-state index is 12.1. The van der Waals surface area contributed by atoms with E-state index in [2.05, 4.69) is 15.5 Å². The van der Waals surface area contributed by atoms with Crippen molar-refractivity contribution in [3.8, 4) is 0 Å². The Morgan fingerprint density at radius 3 is 2.61 bits per heavy atom. The highest BCUT2D eigenvalue weighted by Crippen LogP contribution is 2.23. The van der Waals surface area contributed by atoms with E-state index in [-0.39, 0.29) is 31.1 Å². The van der Waals surface area contributed by atoms with Crippen molar-refractivity contribution < 1.29 is 14.1 Å². The van der Waals surface area contributed by atoms with E-state index in [0.29, 0.717) is 16.7 Å². The van der Waals surface area contributed by atoms with Gasteiger partial charge in [-0.2, -0.15) is 4.98 Å². The van der Waals surface area contributed by atoms with E-state index in [4.69, 9.17) is 20.9 Å². The van der Waals surface area contributed by atoms with Crippen molar-refractivity contribution in [3.05, 3.63) is 46.6 Å². The van der Waals surface area contributed by atoms with Gasteiger partial charge in [-0.3, -0.25) is 4.79 Å². The number of benzene rings is 1. The monoisotopic (exact) mass is 337 g/mol. The second kappa shape index (κ2) is 8.08.